The van der Waals surface area contributed by atoms with Gasteiger partial charge in [0.2, 0.25) is 0 Å². The van der Waals surface area contributed by atoms with Crippen LogP contribution < -0.4 is 5.32 Å². The van der Waals surface area contributed by atoms with Gasteiger partial charge in [-0.3, -0.25) is 14.8 Å². The molecule has 0 atom stereocenters. The standard InChI is InChI=1S/C15H13ClFN5O2/c1-8(2)22-7-6-11(21-22)14-19-20-15(24-14)18-13(23)12-9(16)4-3-5-10(12)17/h3-8H,1-2H3,(H,18,20,23). The molecule has 0 aliphatic rings. The van der Waals surface area contributed by atoms with E-state index in [2.05, 4.69) is 20.6 Å². The smallest absolute Gasteiger partial charge is 0.322 e. The largest absolute Gasteiger partial charge is 0.401 e. The molecule has 9 heteroatoms. The van der Waals surface area contributed by atoms with Crippen LogP contribution in [0.25, 0.3) is 11.6 Å². The minimum atomic E-state index is -0.777. The number of rotatable bonds is 4. The maximum atomic E-state index is 13.7. The van der Waals surface area contributed by atoms with Crippen molar-refractivity contribution in [2.45, 2.75) is 19.9 Å². The molecule has 124 valence electrons. The Morgan fingerprint density at radius 3 is 2.79 bits per heavy atom. The highest BCUT2D eigenvalue weighted by Gasteiger charge is 2.19. The molecular formula is C15H13ClFN5O2. The Kier molecular flexibility index (Phi) is 4.30. The molecule has 7 nitrogen and oxygen atoms in total. The van der Waals surface area contributed by atoms with Crippen LogP contribution in [-0.4, -0.2) is 25.9 Å². The first kappa shape index (κ1) is 16.1. The number of nitrogens with one attached hydrogen (secondary N) is 1. The molecule has 1 amide bonds. The summed E-state index contributed by atoms with van der Waals surface area (Å²) in [6.45, 7) is 3.96. The van der Waals surface area contributed by atoms with Gasteiger partial charge >= 0.3 is 6.01 Å². The summed E-state index contributed by atoms with van der Waals surface area (Å²) >= 11 is 5.84. The second kappa shape index (κ2) is 6.40. The third-order valence-electron chi connectivity index (χ3n) is 3.19. The number of aromatic nitrogens is 4. The molecule has 2 heterocycles. The summed E-state index contributed by atoms with van der Waals surface area (Å²) in [7, 11) is 0. The summed E-state index contributed by atoms with van der Waals surface area (Å²) in [5, 5.41) is 14.1. The summed E-state index contributed by atoms with van der Waals surface area (Å²) in [6, 6.07) is 5.69. The molecule has 0 aliphatic carbocycles. The van der Waals surface area contributed by atoms with Crippen LogP contribution in [0.2, 0.25) is 5.02 Å². The first-order valence-corrected chi connectivity index (χ1v) is 7.48. The number of halogens is 2. The minimum absolute atomic E-state index is 0.0112. The highest BCUT2D eigenvalue weighted by atomic mass is 35.5. The van der Waals surface area contributed by atoms with E-state index in [4.69, 9.17) is 16.0 Å². The van der Waals surface area contributed by atoms with Crippen LogP contribution in [0, 0.1) is 5.82 Å². The Balaban J connectivity index is 1.80. The molecule has 2 aromatic heterocycles. The summed E-state index contributed by atoms with van der Waals surface area (Å²) in [5.74, 6) is -1.37. The van der Waals surface area contributed by atoms with Crippen LogP contribution in [0.3, 0.4) is 0 Å². The van der Waals surface area contributed by atoms with Gasteiger partial charge < -0.3 is 4.42 Å². The van der Waals surface area contributed by atoms with Crippen LogP contribution in [0.4, 0.5) is 10.4 Å². The Bertz CT molecular complexity index is 869. The Morgan fingerprint density at radius 2 is 2.12 bits per heavy atom. The molecule has 0 aliphatic heterocycles. The number of carbonyl (C=O) groups is 1. The molecule has 3 rings (SSSR count). The van der Waals surface area contributed by atoms with Crippen molar-refractivity contribution in [2.24, 2.45) is 0 Å². The second-order valence-corrected chi connectivity index (χ2v) is 5.65. The number of hydrogen-bond acceptors (Lipinski definition) is 5. The lowest BCUT2D eigenvalue weighted by Gasteiger charge is -2.04. The van der Waals surface area contributed by atoms with E-state index >= 15 is 0 Å². The monoisotopic (exact) mass is 349 g/mol. The Hall–Kier alpha value is -2.74. The van der Waals surface area contributed by atoms with Crippen molar-refractivity contribution in [3.63, 3.8) is 0 Å². The van der Waals surface area contributed by atoms with Crippen LogP contribution >= 0.6 is 11.6 Å². The van der Waals surface area contributed by atoms with Crippen molar-refractivity contribution < 1.29 is 13.6 Å². The van der Waals surface area contributed by atoms with E-state index in [1.807, 2.05) is 13.8 Å². The number of amides is 1. The topological polar surface area (TPSA) is 85.8 Å². The number of hydrogen-bond donors (Lipinski definition) is 1. The summed E-state index contributed by atoms with van der Waals surface area (Å²) < 4.78 is 20.8. The van der Waals surface area contributed by atoms with Gasteiger partial charge in [0, 0.05) is 12.2 Å². The molecular weight excluding hydrogens is 337 g/mol. The van der Waals surface area contributed by atoms with Crippen LogP contribution in [-0.2, 0) is 0 Å². The molecule has 0 saturated heterocycles. The Labute approximate surface area is 141 Å². The van der Waals surface area contributed by atoms with Gasteiger partial charge in [-0.05, 0) is 32.0 Å². The second-order valence-electron chi connectivity index (χ2n) is 5.24. The van der Waals surface area contributed by atoms with Crippen molar-refractivity contribution in [3.05, 3.63) is 46.9 Å². The molecule has 0 unspecified atom stereocenters. The van der Waals surface area contributed by atoms with Crippen molar-refractivity contribution in [2.75, 3.05) is 5.32 Å². The predicted octanol–water partition coefficient (Wildman–Crippen LogP) is 3.56. The van der Waals surface area contributed by atoms with E-state index in [1.165, 1.54) is 12.1 Å². The van der Waals surface area contributed by atoms with Gasteiger partial charge in [-0.1, -0.05) is 22.8 Å². The zero-order valence-electron chi connectivity index (χ0n) is 12.8. The molecule has 1 N–H and O–H groups in total. The lowest BCUT2D eigenvalue weighted by Crippen LogP contribution is -2.14. The zero-order chi connectivity index (χ0) is 17.3. The number of benzene rings is 1. The fourth-order valence-corrected chi connectivity index (χ4v) is 2.24. The average molecular weight is 350 g/mol. The maximum Gasteiger partial charge on any atom is 0.322 e. The van der Waals surface area contributed by atoms with E-state index in [0.29, 0.717) is 5.69 Å². The zero-order valence-corrected chi connectivity index (χ0v) is 13.6. The van der Waals surface area contributed by atoms with E-state index in [9.17, 15) is 9.18 Å². The van der Waals surface area contributed by atoms with Crippen LogP contribution in [0.1, 0.15) is 30.2 Å². The number of anilines is 1. The molecule has 24 heavy (non-hydrogen) atoms. The van der Waals surface area contributed by atoms with Crippen molar-refractivity contribution in [1.29, 1.82) is 0 Å². The molecule has 0 bridgehead atoms. The SMILES string of the molecule is CC(C)n1ccc(-c2nnc(NC(=O)c3c(F)cccc3Cl)o2)n1. The third-order valence-corrected chi connectivity index (χ3v) is 3.51. The molecule has 0 radical (unpaired) electrons. The van der Waals surface area contributed by atoms with Gasteiger partial charge in [0.15, 0.2) is 0 Å². The summed E-state index contributed by atoms with van der Waals surface area (Å²) in [5.41, 5.74) is 0.184. The van der Waals surface area contributed by atoms with E-state index in [1.54, 1.807) is 16.9 Å². The lowest BCUT2D eigenvalue weighted by molar-refractivity contribution is 0.102. The highest BCUT2D eigenvalue weighted by Crippen LogP contribution is 2.22. The molecule has 0 spiro atoms. The molecule has 1 aromatic carbocycles. The normalized spacial score (nSPS) is 11.0. The van der Waals surface area contributed by atoms with E-state index in [-0.39, 0.29) is 28.5 Å². The maximum absolute atomic E-state index is 13.7. The van der Waals surface area contributed by atoms with Crippen LogP contribution in [0.15, 0.2) is 34.9 Å². The van der Waals surface area contributed by atoms with Gasteiger partial charge in [-0.15, -0.1) is 5.10 Å². The van der Waals surface area contributed by atoms with E-state index in [0.717, 1.165) is 6.07 Å². The van der Waals surface area contributed by atoms with Gasteiger partial charge in [-0.2, -0.15) is 5.10 Å². The van der Waals surface area contributed by atoms with Gasteiger partial charge in [0.25, 0.3) is 11.8 Å². The van der Waals surface area contributed by atoms with Gasteiger partial charge in [0.05, 0.1) is 10.6 Å². The fraction of sp³-hybridized carbons (Fsp3) is 0.200. The molecule has 3 aromatic rings. The van der Waals surface area contributed by atoms with Crippen molar-refractivity contribution >= 4 is 23.5 Å². The van der Waals surface area contributed by atoms with Crippen molar-refractivity contribution in [3.8, 4) is 11.6 Å². The van der Waals surface area contributed by atoms with Crippen LogP contribution in [0.5, 0.6) is 0 Å². The molecule has 0 fully saturated rings. The first-order chi connectivity index (χ1) is 11.5. The van der Waals surface area contributed by atoms with Gasteiger partial charge in [0.1, 0.15) is 11.5 Å². The number of carbonyl (C=O) groups excluding carboxylic acids is 1. The first-order valence-electron chi connectivity index (χ1n) is 7.10. The third kappa shape index (κ3) is 3.13. The minimum Gasteiger partial charge on any atom is -0.401 e. The number of nitrogens with zero attached hydrogens (tertiary/aromatic N) is 4. The highest BCUT2D eigenvalue weighted by molar-refractivity contribution is 6.34. The predicted molar refractivity (Wildman–Crippen MR) is 85.3 cm³/mol. The van der Waals surface area contributed by atoms with Gasteiger partial charge in [-0.25, -0.2) is 4.39 Å². The average Bonchev–Trinajstić information content (AvgIpc) is 3.15. The van der Waals surface area contributed by atoms with E-state index < -0.39 is 11.7 Å². The summed E-state index contributed by atoms with van der Waals surface area (Å²) in [4.78, 5) is 12.1. The quantitative estimate of drug-likeness (QED) is 0.778. The summed E-state index contributed by atoms with van der Waals surface area (Å²) in [6.07, 6.45) is 1.78. The van der Waals surface area contributed by atoms with Crippen molar-refractivity contribution in [1.82, 2.24) is 20.0 Å². The Morgan fingerprint density at radius 1 is 1.33 bits per heavy atom. The lowest BCUT2D eigenvalue weighted by atomic mass is 10.2. The molecule has 0 saturated carbocycles. The fourth-order valence-electron chi connectivity index (χ4n) is 1.99.